The number of phenols is 1. The van der Waals surface area contributed by atoms with Crippen LogP contribution in [0.3, 0.4) is 0 Å². The van der Waals surface area contributed by atoms with Gasteiger partial charge in [0.2, 0.25) is 59.1 Å². The molecule has 0 aliphatic rings. The predicted molar refractivity (Wildman–Crippen MR) is 348 cm³/mol. The summed E-state index contributed by atoms with van der Waals surface area (Å²) >= 11 is 0. The van der Waals surface area contributed by atoms with Gasteiger partial charge in [0.05, 0.1) is 19.5 Å². The van der Waals surface area contributed by atoms with E-state index >= 15 is 0 Å². The Bertz CT molecular complexity index is 2840. The lowest BCUT2D eigenvalue weighted by molar-refractivity contribution is -0.142. The van der Waals surface area contributed by atoms with Gasteiger partial charge in [0, 0.05) is 42.0 Å². The van der Waals surface area contributed by atoms with Crippen LogP contribution in [0.4, 0.5) is 0 Å². The number of rotatable bonds is 47. The highest BCUT2D eigenvalue weighted by Gasteiger charge is 2.38. The van der Waals surface area contributed by atoms with E-state index in [1.54, 1.807) is 13.8 Å². The molecule has 512 valence electrons. The van der Waals surface area contributed by atoms with Crippen LogP contribution in [0.5, 0.6) is 5.75 Å². The molecule has 22 N–H and O–H groups in total. The fourth-order valence-corrected chi connectivity index (χ4v) is 10.2. The van der Waals surface area contributed by atoms with E-state index in [0.717, 1.165) is 42.1 Å². The molecule has 92 heavy (non-hydrogen) atoms. The van der Waals surface area contributed by atoms with Crippen molar-refractivity contribution in [2.24, 2.45) is 34.6 Å². The number of phenolic OH excluding ortho intramolecular Hbond substituents is 1. The number of aliphatic carboxylic acids is 1. The number of para-hydroxylation sites is 1. The Morgan fingerprint density at radius 1 is 0.533 bits per heavy atom. The Morgan fingerprint density at radius 3 is 1.63 bits per heavy atom. The minimum Gasteiger partial charge on any atom is -0.508 e. The molecule has 0 saturated carbocycles. The Hall–Kier alpha value is -8.21. The molecule has 10 amide bonds. The fraction of sp³-hybridized carbons (Fsp3) is 0.609. The summed E-state index contributed by atoms with van der Waals surface area (Å²) in [6, 6.07) is 0.449. The number of aromatic amines is 1. The number of aryl methyl sites for hydroxylation is 1. The summed E-state index contributed by atoms with van der Waals surface area (Å²) in [6.07, 6.45) is 14.9. The van der Waals surface area contributed by atoms with E-state index in [0.29, 0.717) is 24.8 Å². The van der Waals surface area contributed by atoms with Crippen LogP contribution in [0, 0.1) is 5.92 Å². The lowest BCUT2D eigenvalue weighted by atomic mass is 9.96. The molecule has 0 aliphatic heterocycles. The van der Waals surface area contributed by atoms with Gasteiger partial charge in [-0.25, -0.2) is 0 Å². The van der Waals surface area contributed by atoms with Gasteiger partial charge in [-0.05, 0) is 100 Å². The number of nitrogens with one attached hydrogen (secondary N) is 10. The van der Waals surface area contributed by atoms with Gasteiger partial charge < -0.3 is 91.7 Å². The van der Waals surface area contributed by atoms with Crippen LogP contribution in [0.2, 0.25) is 0 Å². The number of benzene rings is 2. The average molecular weight is 1290 g/mol. The molecule has 1 heterocycles. The third-order valence-corrected chi connectivity index (χ3v) is 16.0. The van der Waals surface area contributed by atoms with Crippen molar-refractivity contribution < 1.29 is 63.0 Å². The van der Waals surface area contributed by atoms with Crippen molar-refractivity contribution in [2.45, 2.75) is 217 Å². The molecule has 0 radical (unpaired) electrons. The highest BCUT2D eigenvalue weighted by molar-refractivity contribution is 5.99. The van der Waals surface area contributed by atoms with Gasteiger partial charge in [0.1, 0.15) is 48.0 Å². The monoisotopic (exact) mass is 1290 g/mol. The maximum atomic E-state index is 14.5. The first-order chi connectivity index (χ1) is 43.9. The summed E-state index contributed by atoms with van der Waals surface area (Å²) in [4.78, 5) is 152. The minimum absolute atomic E-state index is 0.0181. The molecule has 10 atom stereocenters. The molecular formula is C64H103N15O13. The second-order valence-electron chi connectivity index (χ2n) is 23.6. The third kappa shape index (κ3) is 29.0. The number of hydrogen-bond donors (Lipinski definition) is 17. The second kappa shape index (κ2) is 42.8. The van der Waals surface area contributed by atoms with E-state index in [1.807, 2.05) is 30.5 Å². The first-order valence-corrected chi connectivity index (χ1v) is 32.3. The molecule has 2 aromatic carbocycles. The molecule has 3 aromatic rings. The van der Waals surface area contributed by atoms with Gasteiger partial charge in [0.25, 0.3) is 0 Å². The van der Waals surface area contributed by atoms with Crippen molar-refractivity contribution >= 4 is 75.9 Å². The van der Waals surface area contributed by atoms with Crippen molar-refractivity contribution in [3.63, 3.8) is 0 Å². The second-order valence-corrected chi connectivity index (χ2v) is 23.6. The number of carbonyl (C=O) groups excluding carboxylic acids is 10. The van der Waals surface area contributed by atoms with E-state index in [9.17, 15) is 63.0 Å². The van der Waals surface area contributed by atoms with E-state index in [1.165, 1.54) is 69.7 Å². The molecule has 0 fully saturated rings. The smallest absolute Gasteiger partial charge is 0.325 e. The Kier molecular flexibility index (Phi) is 36.3. The predicted octanol–water partition coefficient (Wildman–Crippen LogP) is 0.534. The molecule has 0 spiro atoms. The van der Waals surface area contributed by atoms with E-state index in [2.05, 4.69) is 59.8 Å². The average Bonchev–Trinajstić information content (AvgIpc) is 1.97. The van der Waals surface area contributed by atoms with Crippen LogP contribution in [-0.2, 0) is 65.6 Å². The highest BCUT2D eigenvalue weighted by atomic mass is 16.4. The number of hydrogen-bond acceptors (Lipinski definition) is 16. The van der Waals surface area contributed by atoms with Crippen LogP contribution >= 0.6 is 0 Å². The van der Waals surface area contributed by atoms with Crippen molar-refractivity contribution in [3.8, 4) is 5.75 Å². The van der Waals surface area contributed by atoms with Crippen LogP contribution < -0.4 is 76.5 Å². The normalized spacial score (nSPS) is 14.5. The molecule has 0 aliphatic carbocycles. The highest BCUT2D eigenvalue weighted by Crippen LogP contribution is 2.21. The number of unbranched alkanes of at least 4 members (excludes halogenated alkanes) is 10. The van der Waals surface area contributed by atoms with Gasteiger partial charge in [0.15, 0.2) is 0 Å². The lowest BCUT2D eigenvalue weighted by Crippen LogP contribution is -2.66. The Morgan fingerprint density at radius 2 is 1.07 bits per heavy atom. The maximum Gasteiger partial charge on any atom is 0.325 e. The Balaban J connectivity index is 1.74. The van der Waals surface area contributed by atoms with Crippen LogP contribution in [0.1, 0.15) is 161 Å². The zero-order valence-corrected chi connectivity index (χ0v) is 53.9. The molecular weight excluding hydrogens is 1190 g/mol. The quantitative estimate of drug-likeness (QED) is 0.0343. The summed E-state index contributed by atoms with van der Waals surface area (Å²) in [5.74, 6) is -10.7. The Labute approximate surface area is 539 Å². The molecule has 28 heteroatoms. The van der Waals surface area contributed by atoms with Crippen molar-refractivity contribution in [3.05, 3.63) is 65.9 Å². The van der Waals surface area contributed by atoms with Gasteiger partial charge in [-0.2, -0.15) is 0 Å². The van der Waals surface area contributed by atoms with Gasteiger partial charge in [-0.3, -0.25) is 52.7 Å². The number of carboxylic acid groups (broad SMARTS) is 1. The van der Waals surface area contributed by atoms with E-state index < -0.39 is 139 Å². The maximum absolute atomic E-state index is 14.5. The molecule has 0 bridgehead atoms. The summed E-state index contributed by atoms with van der Waals surface area (Å²) < 4.78 is 0. The minimum atomic E-state index is -1.81. The SMILES string of the molecule is CCCCCCCCCCCCCC(=O)N[C@@H](CCc1c[nH]c2ccccc12)C(=O)NCC(=O)NCC(=O)N[C@H](C(=O)N[C@H](C(=O)N[C@H](C(=O)N[C@@H](CC(N)=O)C(=O)N[C@@H](Cc1ccc(O)cc1)C(=O)N[C@@H](C)C(=O)O)C(N)CCCN)C(N)CCCN)[C@@H](C)CC. The van der Waals surface area contributed by atoms with Gasteiger partial charge in [-0.1, -0.05) is 122 Å². The fourth-order valence-electron chi connectivity index (χ4n) is 10.2. The van der Waals surface area contributed by atoms with Gasteiger partial charge >= 0.3 is 5.97 Å². The number of nitrogens with two attached hydrogens (primary N) is 5. The van der Waals surface area contributed by atoms with Crippen molar-refractivity contribution in [1.82, 2.24) is 52.8 Å². The van der Waals surface area contributed by atoms with Crippen LogP contribution in [0.25, 0.3) is 10.9 Å². The summed E-state index contributed by atoms with van der Waals surface area (Å²) in [7, 11) is 0. The van der Waals surface area contributed by atoms with Gasteiger partial charge in [-0.15, -0.1) is 0 Å². The first kappa shape index (κ1) is 78.0. The number of amides is 10. The standard InChI is InChI=1S/C64H103N15O13/c1-5-7-8-9-10-11-12-13-14-15-16-25-52(82)74-48(31-28-42-36-70-47-24-18-17-21-44(42)47)58(85)72-37-53(83)71-38-54(84)77-55(39(3)6-2)61(88)78-57(46(68)23-20-33-66)63(90)79-56(45(67)22-19-32-65)62(89)76-50(35-51(69)81)60(87)75-49(59(86)73-40(4)64(91)92)34-41-26-29-43(80)30-27-41/h17-18,21,24,26-27,29-30,36,39-40,45-46,48-50,55-57,70,80H,5-16,19-20,22-23,25,28,31-35,37-38,65-68H2,1-4H3,(H2,69,81)(H,71,83)(H,72,85)(H,73,86)(H,74,82)(H,75,87)(H,76,89)(H,77,84)(H,78,88)(H,79,90)(H,91,92)/t39-,40-,45?,46?,48-,49-,50-,55-,56-,57-/m0/s1. The lowest BCUT2D eigenvalue weighted by Gasteiger charge is -2.32. The largest absolute Gasteiger partial charge is 0.508 e. The van der Waals surface area contributed by atoms with E-state index in [4.69, 9.17) is 28.7 Å². The number of aromatic hydroxyl groups is 1. The number of carbonyl (C=O) groups is 11. The molecule has 0 saturated heterocycles. The zero-order valence-electron chi connectivity index (χ0n) is 53.9. The van der Waals surface area contributed by atoms with Crippen LogP contribution in [0.15, 0.2) is 54.7 Å². The van der Waals surface area contributed by atoms with Crippen molar-refractivity contribution in [1.29, 1.82) is 0 Å². The first-order valence-electron chi connectivity index (χ1n) is 32.3. The number of primary amides is 1. The molecule has 28 nitrogen and oxygen atoms in total. The number of carboxylic acids is 1. The van der Waals surface area contributed by atoms with Crippen LogP contribution in [-0.4, -0.2) is 161 Å². The number of H-pyrrole nitrogens is 1. The number of fused-ring (bicyclic) bond motifs is 1. The zero-order chi connectivity index (χ0) is 68.1. The molecule has 2 unspecified atom stereocenters. The molecule has 1 aromatic heterocycles. The summed E-state index contributed by atoms with van der Waals surface area (Å²) in [6.45, 7) is 5.83. The molecule has 3 rings (SSSR count). The summed E-state index contributed by atoms with van der Waals surface area (Å²) in [5.41, 5.74) is 32.4. The number of aromatic nitrogens is 1. The summed E-state index contributed by atoms with van der Waals surface area (Å²) in [5, 5.41) is 43.0. The third-order valence-electron chi connectivity index (χ3n) is 16.0. The van der Waals surface area contributed by atoms with E-state index in [-0.39, 0.29) is 69.7 Å². The topological polar surface area (TPSA) is 482 Å². The van der Waals surface area contributed by atoms with Crippen molar-refractivity contribution in [2.75, 3.05) is 26.2 Å².